The summed E-state index contributed by atoms with van der Waals surface area (Å²) in [6, 6.07) is 10.9. The number of hydrogen-bond donors (Lipinski definition) is 1. The van der Waals surface area contributed by atoms with Crippen molar-refractivity contribution in [3.05, 3.63) is 68.4 Å². The molecule has 2 aromatic rings. The molecule has 0 unspecified atom stereocenters. The van der Waals surface area contributed by atoms with Gasteiger partial charge in [-0.15, -0.1) is 0 Å². The van der Waals surface area contributed by atoms with Gasteiger partial charge in [-0.1, -0.05) is 12.1 Å². The van der Waals surface area contributed by atoms with E-state index in [1.807, 2.05) is 0 Å². The number of hydrogen-bond acceptors (Lipinski definition) is 3. The van der Waals surface area contributed by atoms with Gasteiger partial charge >= 0.3 is 0 Å². The number of benzene rings is 2. The van der Waals surface area contributed by atoms with Gasteiger partial charge in [0.2, 0.25) is 0 Å². The normalized spacial score (nSPS) is 10.2. The largest absolute Gasteiger partial charge is 0.381 e. The van der Waals surface area contributed by atoms with Crippen molar-refractivity contribution in [2.24, 2.45) is 0 Å². The number of nitrogens with zero attached hydrogens (tertiary/aromatic N) is 1. The van der Waals surface area contributed by atoms with Crippen molar-refractivity contribution in [1.29, 1.82) is 0 Å². The molecule has 0 aliphatic carbocycles. The van der Waals surface area contributed by atoms with E-state index in [0.29, 0.717) is 11.0 Å². The zero-order valence-corrected chi connectivity index (χ0v) is 11.4. The highest BCUT2D eigenvalue weighted by atomic mass is 79.9. The Kier molecular flexibility index (Phi) is 4.11. The van der Waals surface area contributed by atoms with Crippen molar-refractivity contribution in [3.8, 4) is 0 Å². The molecule has 0 bridgehead atoms. The highest BCUT2D eigenvalue weighted by Crippen LogP contribution is 2.20. The molecule has 0 aromatic heterocycles. The van der Waals surface area contributed by atoms with Crippen LogP contribution in [0, 0.1) is 15.9 Å². The minimum absolute atomic E-state index is 0.0632. The number of halogens is 2. The Labute approximate surface area is 117 Å². The van der Waals surface area contributed by atoms with Crippen LogP contribution in [-0.2, 0) is 6.54 Å². The maximum atomic E-state index is 13.0. The van der Waals surface area contributed by atoms with Gasteiger partial charge < -0.3 is 5.32 Å². The van der Waals surface area contributed by atoms with E-state index in [1.54, 1.807) is 24.3 Å². The first kappa shape index (κ1) is 13.5. The lowest BCUT2D eigenvalue weighted by Crippen LogP contribution is -1.99. The number of non-ortho nitro benzene ring substituents is 1. The van der Waals surface area contributed by atoms with E-state index in [-0.39, 0.29) is 11.5 Å². The average molecular weight is 325 g/mol. The van der Waals surface area contributed by atoms with Crippen LogP contribution < -0.4 is 5.32 Å². The molecular formula is C13H10BrFN2O2. The summed E-state index contributed by atoms with van der Waals surface area (Å²) in [6.07, 6.45) is 0. The number of anilines is 1. The zero-order chi connectivity index (χ0) is 13.8. The summed E-state index contributed by atoms with van der Waals surface area (Å²) < 4.78 is 13.4. The van der Waals surface area contributed by atoms with E-state index < -0.39 is 4.92 Å². The summed E-state index contributed by atoms with van der Waals surface area (Å²) in [6.45, 7) is 0.510. The van der Waals surface area contributed by atoms with Crippen LogP contribution >= 0.6 is 15.9 Å². The Morgan fingerprint density at radius 1 is 1.21 bits per heavy atom. The first-order valence-corrected chi connectivity index (χ1v) is 6.28. The quantitative estimate of drug-likeness (QED) is 0.680. The van der Waals surface area contributed by atoms with Gasteiger partial charge in [-0.05, 0) is 39.7 Å². The number of nitro benzene ring substituents is 1. The van der Waals surface area contributed by atoms with Gasteiger partial charge in [0, 0.05) is 24.4 Å². The molecule has 98 valence electrons. The van der Waals surface area contributed by atoms with Gasteiger partial charge in [-0.3, -0.25) is 10.1 Å². The molecule has 0 amide bonds. The van der Waals surface area contributed by atoms with Crippen LogP contribution in [-0.4, -0.2) is 4.92 Å². The number of nitrogens with one attached hydrogen (secondary N) is 1. The Morgan fingerprint density at radius 2 is 1.89 bits per heavy atom. The van der Waals surface area contributed by atoms with Crippen LogP contribution in [0.1, 0.15) is 5.56 Å². The minimum Gasteiger partial charge on any atom is -0.381 e. The fourth-order valence-electron chi connectivity index (χ4n) is 1.55. The molecule has 0 aliphatic rings. The zero-order valence-electron chi connectivity index (χ0n) is 9.77. The van der Waals surface area contributed by atoms with Crippen LogP contribution in [0.4, 0.5) is 15.8 Å². The van der Waals surface area contributed by atoms with Crippen LogP contribution in [0.15, 0.2) is 46.9 Å². The summed E-state index contributed by atoms with van der Waals surface area (Å²) in [5.74, 6) is -0.319. The van der Waals surface area contributed by atoms with Crippen molar-refractivity contribution in [2.75, 3.05) is 5.32 Å². The maximum Gasteiger partial charge on any atom is 0.269 e. The molecular weight excluding hydrogens is 315 g/mol. The second-order valence-electron chi connectivity index (χ2n) is 3.91. The van der Waals surface area contributed by atoms with Crippen LogP contribution in [0.3, 0.4) is 0 Å². The fraction of sp³-hybridized carbons (Fsp3) is 0.0769. The lowest BCUT2D eigenvalue weighted by atomic mass is 10.2. The number of nitro groups is 1. The SMILES string of the molecule is O=[N+]([O-])c1ccc(CNc2ccc(F)c(Br)c2)cc1. The molecule has 0 saturated heterocycles. The molecule has 0 saturated carbocycles. The summed E-state index contributed by atoms with van der Waals surface area (Å²) in [5.41, 5.74) is 1.74. The standard InChI is InChI=1S/C13H10BrFN2O2/c14-12-7-10(3-6-13(12)15)16-8-9-1-4-11(5-2-9)17(18)19/h1-7,16H,8H2. The van der Waals surface area contributed by atoms with Crippen molar-refractivity contribution in [3.63, 3.8) is 0 Å². The molecule has 0 aliphatic heterocycles. The molecule has 0 atom stereocenters. The lowest BCUT2D eigenvalue weighted by molar-refractivity contribution is -0.384. The monoisotopic (exact) mass is 324 g/mol. The Morgan fingerprint density at radius 3 is 2.47 bits per heavy atom. The second-order valence-corrected chi connectivity index (χ2v) is 4.76. The summed E-state index contributed by atoms with van der Waals surface area (Å²) >= 11 is 3.11. The molecule has 2 rings (SSSR count). The predicted molar refractivity (Wildman–Crippen MR) is 74.5 cm³/mol. The minimum atomic E-state index is -0.436. The Balaban J connectivity index is 2.01. The topological polar surface area (TPSA) is 55.2 Å². The smallest absolute Gasteiger partial charge is 0.269 e. The summed E-state index contributed by atoms with van der Waals surface area (Å²) in [4.78, 5) is 10.1. The van der Waals surface area contributed by atoms with Crippen LogP contribution in [0.2, 0.25) is 0 Å². The van der Waals surface area contributed by atoms with Gasteiger partial charge in [0.25, 0.3) is 5.69 Å². The molecule has 6 heteroatoms. The third kappa shape index (κ3) is 3.51. The lowest BCUT2D eigenvalue weighted by Gasteiger charge is -2.07. The van der Waals surface area contributed by atoms with Crippen LogP contribution in [0.25, 0.3) is 0 Å². The number of rotatable bonds is 4. The molecule has 4 nitrogen and oxygen atoms in total. The highest BCUT2D eigenvalue weighted by Gasteiger charge is 2.04. The highest BCUT2D eigenvalue weighted by molar-refractivity contribution is 9.10. The maximum absolute atomic E-state index is 13.0. The average Bonchev–Trinajstić information content (AvgIpc) is 2.40. The summed E-state index contributed by atoms with van der Waals surface area (Å²) in [7, 11) is 0. The molecule has 0 spiro atoms. The molecule has 1 N–H and O–H groups in total. The van der Waals surface area contributed by atoms with Gasteiger partial charge in [0.15, 0.2) is 0 Å². The third-order valence-corrected chi connectivity index (χ3v) is 3.17. The van der Waals surface area contributed by atoms with E-state index in [2.05, 4.69) is 21.2 Å². The van der Waals surface area contributed by atoms with Crippen molar-refractivity contribution in [2.45, 2.75) is 6.54 Å². The molecule has 19 heavy (non-hydrogen) atoms. The third-order valence-electron chi connectivity index (χ3n) is 2.56. The van der Waals surface area contributed by atoms with Gasteiger partial charge in [0.05, 0.1) is 9.40 Å². The molecule has 2 aromatic carbocycles. The van der Waals surface area contributed by atoms with E-state index in [0.717, 1.165) is 11.3 Å². The van der Waals surface area contributed by atoms with E-state index in [1.165, 1.54) is 18.2 Å². The van der Waals surface area contributed by atoms with Gasteiger partial charge in [-0.2, -0.15) is 0 Å². The first-order valence-electron chi connectivity index (χ1n) is 5.48. The predicted octanol–water partition coefficient (Wildman–Crippen LogP) is 4.11. The van der Waals surface area contributed by atoms with Crippen molar-refractivity contribution in [1.82, 2.24) is 0 Å². The summed E-state index contributed by atoms with van der Waals surface area (Å²) in [5, 5.41) is 13.6. The van der Waals surface area contributed by atoms with Crippen molar-refractivity contribution >= 4 is 27.3 Å². The van der Waals surface area contributed by atoms with E-state index >= 15 is 0 Å². The van der Waals surface area contributed by atoms with E-state index in [4.69, 9.17) is 0 Å². The second kappa shape index (κ2) is 5.79. The Bertz CT molecular complexity index is 602. The molecule has 0 fully saturated rings. The van der Waals surface area contributed by atoms with Gasteiger partial charge in [0.1, 0.15) is 5.82 Å². The van der Waals surface area contributed by atoms with E-state index in [9.17, 15) is 14.5 Å². The fourth-order valence-corrected chi connectivity index (χ4v) is 1.92. The van der Waals surface area contributed by atoms with Gasteiger partial charge in [-0.25, -0.2) is 4.39 Å². The molecule has 0 heterocycles. The first-order chi connectivity index (χ1) is 9.06. The van der Waals surface area contributed by atoms with Crippen molar-refractivity contribution < 1.29 is 9.31 Å². The van der Waals surface area contributed by atoms with Crippen LogP contribution in [0.5, 0.6) is 0 Å². The Hall–Kier alpha value is -1.95. The molecule has 0 radical (unpaired) electrons.